The lowest BCUT2D eigenvalue weighted by atomic mass is 10.0. The molecule has 1 aromatic rings. The standard InChI is InChI=1S/C16H26N2O/c1-3-19-16-8-6-14(7-9-16)13(2)18-15-5-4-11-17-12-10-15/h6-9,13,15,17-18H,3-5,10-12H2,1-2H3. The van der Waals surface area contributed by atoms with E-state index in [4.69, 9.17) is 4.74 Å². The van der Waals surface area contributed by atoms with Crippen molar-refractivity contribution in [3.05, 3.63) is 29.8 Å². The van der Waals surface area contributed by atoms with Gasteiger partial charge in [0.2, 0.25) is 0 Å². The topological polar surface area (TPSA) is 33.3 Å². The highest BCUT2D eigenvalue weighted by Crippen LogP contribution is 2.19. The van der Waals surface area contributed by atoms with Crippen molar-refractivity contribution in [2.45, 2.75) is 45.2 Å². The van der Waals surface area contributed by atoms with Gasteiger partial charge in [0.05, 0.1) is 6.61 Å². The Kier molecular flexibility index (Phi) is 5.67. The van der Waals surface area contributed by atoms with E-state index in [1.807, 2.05) is 6.92 Å². The second-order valence-corrected chi connectivity index (χ2v) is 5.27. The van der Waals surface area contributed by atoms with Crippen molar-refractivity contribution in [2.75, 3.05) is 19.7 Å². The molecule has 0 saturated carbocycles. The molecule has 19 heavy (non-hydrogen) atoms. The number of hydrogen-bond donors (Lipinski definition) is 2. The molecule has 0 spiro atoms. The highest BCUT2D eigenvalue weighted by Gasteiger charge is 2.15. The quantitative estimate of drug-likeness (QED) is 0.856. The van der Waals surface area contributed by atoms with Gasteiger partial charge in [0, 0.05) is 12.1 Å². The number of rotatable bonds is 5. The van der Waals surface area contributed by atoms with Crippen LogP contribution in [0.25, 0.3) is 0 Å². The van der Waals surface area contributed by atoms with Crippen molar-refractivity contribution in [3.8, 4) is 5.75 Å². The van der Waals surface area contributed by atoms with Crippen LogP contribution in [0.5, 0.6) is 5.75 Å². The Bertz CT molecular complexity index is 356. The minimum Gasteiger partial charge on any atom is -0.494 e. The van der Waals surface area contributed by atoms with Crippen LogP contribution in [-0.2, 0) is 0 Å². The first-order chi connectivity index (χ1) is 9.29. The first kappa shape index (κ1) is 14.4. The largest absolute Gasteiger partial charge is 0.494 e. The highest BCUT2D eigenvalue weighted by molar-refractivity contribution is 5.29. The predicted molar refractivity (Wildman–Crippen MR) is 79.7 cm³/mol. The fraction of sp³-hybridized carbons (Fsp3) is 0.625. The van der Waals surface area contributed by atoms with Crippen molar-refractivity contribution in [1.29, 1.82) is 0 Å². The van der Waals surface area contributed by atoms with Crippen molar-refractivity contribution in [2.24, 2.45) is 0 Å². The van der Waals surface area contributed by atoms with Crippen LogP contribution < -0.4 is 15.4 Å². The molecule has 0 radical (unpaired) electrons. The second kappa shape index (κ2) is 7.51. The minimum atomic E-state index is 0.402. The van der Waals surface area contributed by atoms with Gasteiger partial charge in [0.15, 0.2) is 0 Å². The molecular formula is C16H26N2O. The van der Waals surface area contributed by atoms with Crippen molar-refractivity contribution >= 4 is 0 Å². The number of nitrogens with one attached hydrogen (secondary N) is 2. The van der Waals surface area contributed by atoms with Crippen LogP contribution >= 0.6 is 0 Å². The molecule has 1 aromatic carbocycles. The van der Waals surface area contributed by atoms with E-state index in [0.29, 0.717) is 12.1 Å². The summed E-state index contributed by atoms with van der Waals surface area (Å²) in [6.45, 7) is 7.28. The summed E-state index contributed by atoms with van der Waals surface area (Å²) in [6.07, 6.45) is 3.77. The van der Waals surface area contributed by atoms with E-state index in [9.17, 15) is 0 Å². The van der Waals surface area contributed by atoms with E-state index < -0.39 is 0 Å². The third kappa shape index (κ3) is 4.51. The van der Waals surface area contributed by atoms with Crippen LogP contribution in [0.4, 0.5) is 0 Å². The molecule has 3 nitrogen and oxygen atoms in total. The van der Waals surface area contributed by atoms with Gasteiger partial charge in [-0.1, -0.05) is 12.1 Å². The van der Waals surface area contributed by atoms with E-state index in [1.165, 1.54) is 24.8 Å². The summed E-state index contributed by atoms with van der Waals surface area (Å²) in [6, 6.07) is 9.49. The van der Waals surface area contributed by atoms with Crippen LogP contribution in [0, 0.1) is 0 Å². The smallest absolute Gasteiger partial charge is 0.119 e. The predicted octanol–water partition coefficient (Wildman–Crippen LogP) is 2.88. The van der Waals surface area contributed by atoms with E-state index in [1.54, 1.807) is 0 Å². The Morgan fingerprint density at radius 2 is 2.05 bits per heavy atom. The number of ether oxygens (including phenoxy) is 1. The normalized spacial score (nSPS) is 21.7. The van der Waals surface area contributed by atoms with Crippen LogP contribution in [0.3, 0.4) is 0 Å². The lowest BCUT2D eigenvalue weighted by Crippen LogP contribution is -2.32. The van der Waals surface area contributed by atoms with Crippen molar-refractivity contribution in [3.63, 3.8) is 0 Å². The third-order valence-corrected chi connectivity index (χ3v) is 3.75. The van der Waals surface area contributed by atoms with Gasteiger partial charge in [-0.05, 0) is 63.9 Å². The lowest BCUT2D eigenvalue weighted by Gasteiger charge is -2.22. The Labute approximate surface area is 116 Å². The maximum absolute atomic E-state index is 5.48. The molecule has 1 aliphatic rings. The maximum Gasteiger partial charge on any atom is 0.119 e. The van der Waals surface area contributed by atoms with Gasteiger partial charge in [-0.25, -0.2) is 0 Å². The molecule has 2 rings (SSSR count). The third-order valence-electron chi connectivity index (χ3n) is 3.75. The maximum atomic E-state index is 5.48. The zero-order chi connectivity index (χ0) is 13.5. The molecule has 0 aliphatic carbocycles. The molecule has 2 atom stereocenters. The molecule has 106 valence electrons. The van der Waals surface area contributed by atoms with Crippen LogP contribution in [-0.4, -0.2) is 25.7 Å². The summed E-state index contributed by atoms with van der Waals surface area (Å²) < 4.78 is 5.48. The van der Waals surface area contributed by atoms with E-state index >= 15 is 0 Å². The Balaban J connectivity index is 1.89. The molecule has 1 saturated heterocycles. The van der Waals surface area contributed by atoms with E-state index in [-0.39, 0.29) is 0 Å². The summed E-state index contributed by atoms with van der Waals surface area (Å²) in [7, 11) is 0. The van der Waals surface area contributed by atoms with Crippen molar-refractivity contribution in [1.82, 2.24) is 10.6 Å². The summed E-state index contributed by atoms with van der Waals surface area (Å²) in [5, 5.41) is 7.20. The Morgan fingerprint density at radius 1 is 1.26 bits per heavy atom. The van der Waals surface area contributed by atoms with Gasteiger partial charge < -0.3 is 15.4 Å². The fourth-order valence-electron chi connectivity index (χ4n) is 2.65. The molecule has 2 unspecified atom stereocenters. The van der Waals surface area contributed by atoms with Gasteiger partial charge >= 0.3 is 0 Å². The molecule has 0 amide bonds. The van der Waals surface area contributed by atoms with Crippen LogP contribution in [0.2, 0.25) is 0 Å². The highest BCUT2D eigenvalue weighted by atomic mass is 16.5. The van der Waals surface area contributed by atoms with Gasteiger partial charge in [0.25, 0.3) is 0 Å². The van der Waals surface area contributed by atoms with E-state index in [0.717, 1.165) is 25.4 Å². The molecule has 3 heteroatoms. The number of hydrogen-bond acceptors (Lipinski definition) is 3. The van der Waals surface area contributed by atoms with Crippen LogP contribution in [0.1, 0.15) is 44.7 Å². The summed E-state index contributed by atoms with van der Waals surface area (Å²) in [5.41, 5.74) is 1.33. The van der Waals surface area contributed by atoms with Crippen LogP contribution in [0.15, 0.2) is 24.3 Å². The summed E-state index contributed by atoms with van der Waals surface area (Å²) in [4.78, 5) is 0. The average molecular weight is 262 g/mol. The Morgan fingerprint density at radius 3 is 2.79 bits per heavy atom. The first-order valence-electron chi connectivity index (χ1n) is 7.49. The summed E-state index contributed by atoms with van der Waals surface area (Å²) in [5.74, 6) is 0.956. The average Bonchev–Trinajstić information content (AvgIpc) is 2.68. The fourth-order valence-corrected chi connectivity index (χ4v) is 2.65. The molecule has 1 fully saturated rings. The van der Waals surface area contributed by atoms with E-state index in [2.05, 4.69) is 41.8 Å². The Hall–Kier alpha value is -1.06. The van der Waals surface area contributed by atoms with Crippen molar-refractivity contribution < 1.29 is 4.74 Å². The monoisotopic (exact) mass is 262 g/mol. The molecule has 1 heterocycles. The van der Waals surface area contributed by atoms with Gasteiger partial charge in [-0.15, -0.1) is 0 Å². The molecule has 1 aliphatic heterocycles. The lowest BCUT2D eigenvalue weighted by molar-refractivity contribution is 0.340. The van der Waals surface area contributed by atoms with Gasteiger partial charge in [-0.3, -0.25) is 0 Å². The first-order valence-corrected chi connectivity index (χ1v) is 7.49. The van der Waals surface area contributed by atoms with Gasteiger partial charge in [0.1, 0.15) is 5.75 Å². The zero-order valence-corrected chi connectivity index (χ0v) is 12.1. The molecule has 0 bridgehead atoms. The molecule has 0 aromatic heterocycles. The molecule has 2 N–H and O–H groups in total. The van der Waals surface area contributed by atoms with Gasteiger partial charge in [-0.2, -0.15) is 0 Å². The zero-order valence-electron chi connectivity index (χ0n) is 12.1. The minimum absolute atomic E-state index is 0.402. The SMILES string of the molecule is CCOc1ccc(C(C)NC2CCCNCC2)cc1. The molecular weight excluding hydrogens is 236 g/mol. The number of benzene rings is 1. The summed E-state index contributed by atoms with van der Waals surface area (Å²) >= 11 is 0. The second-order valence-electron chi connectivity index (χ2n) is 5.27.